The van der Waals surface area contributed by atoms with E-state index in [2.05, 4.69) is 0 Å². The summed E-state index contributed by atoms with van der Waals surface area (Å²) >= 11 is 0. The molecule has 2 amide bonds. The second kappa shape index (κ2) is 4.54. The number of nitrogens with zero attached hydrogens (tertiary/aromatic N) is 1. The summed E-state index contributed by atoms with van der Waals surface area (Å²) < 4.78 is 5.24. The van der Waals surface area contributed by atoms with Crippen molar-refractivity contribution in [2.45, 2.75) is 18.6 Å². The Morgan fingerprint density at radius 2 is 1.59 bits per heavy atom. The summed E-state index contributed by atoms with van der Waals surface area (Å²) in [6.45, 7) is 0. The number of carbonyl (C=O) groups is 2. The van der Waals surface area contributed by atoms with Gasteiger partial charge in [-0.25, -0.2) is 4.90 Å². The van der Waals surface area contributed by atoms with Gasteiger partial charge in [-0.05, 0) is 18.6 Å². The summed E-state index contributed by atoms with van der Waals surface area (Å²) in [5, 5.41) is 20.1. The molecule has 1 heterocycles. The lowest BCUT2D eigenvalue weighted by molar-refractivity contribution is -0.129. The minimum Gasteiger partial charge on any atom is -0.495 e. The van der Waals surface area contributed by atoms with E-state index in [9.17, 15) is 19.8 Å². The molecule has 2 bridgehead atoms. The molecule has 6 atom stereocenters. The van der Waals surface area contributed by atoms with E-state index in [0.717, 1.165) is 4.90 Å². The Balaban J connectivity index is 1.76. The van der Waals surface area contributed by atoms with E-state index in [-0.39, 0.29) is 23.7 Å². The number of carbonyl (C=O) groups excluding carboxylic acids is 2. The van der Waals surface area contributed by atoms with Crippen molar-refractivity contribution in [3.05, 3.63) is 24.3 Å². The van der Waals surface area contributed by atoms with E-state index in [1.807, 2.05) is 0 Å². The number of methoxy groups -OCH3 is 1. The molecular formula is C16H17NO5. The van der Waals surface area contributed by atoms with Gasteiger partial charge < -0.3 is 14.9 Å². The third-order valence-corrected chi connectivity index (χ3v) is 5.42. The largest absolute Gasteiger partial charge is 0.495 e. The molecule has 1 aliphatic heterocycles. The molecule has 1 aromatic rings. The molecule has 2 aliphatic carbocycles. The first-order chi connectivity index (χ1) is 10.6. The normalized spacial score (nSPS) is 39.5. The number of anilines is 1. The molecule has 6 nitrogen and oxygen atoms in total. The molecule has 3 aliphatic rings. The summed E-state index contributed by atoms with van der Waals surface area (Å²) in [6, 6.07) is 6.88. The van der Waals surface area contributed by atoms with Gasteiger partial charge in [0.2, 0.25) is 11.8 Å². The third-order valence-electron chi connectivity index (χ3n) is 5.42. The van der Waals surface area contributed by atoms with Gasteiger partial charge in [0.15, 0.2) is 0 Å². The zero-order valence-electron chi connectivity index (χ0n) is 12.0. The minimum atomic E-state index is -0.916. The van der Waals surface area contributed by atoms with Crippen LogP contribution in [0.2, 0.25) is 0 Å². The van der Waals surface area contributed by atoms with Gasteiger partial charge in [0, 0.05) is 11.8 Å². The van der Waals surface area contributed by atoms with Crippen LogP contribution in [-0.2, 0) is 9.59 Å². The summed E-state index contributed by atoms with van der Waals surface area (Å²) in [4.78, 5) is 26.7. The third kappa shape index (κ3) is 1.51. The fourth-order valence-electron chi connectivity index (χ4n) is 4.48. The van der Waals surface area contributed by atoms with Gasteiger partial charge in [0.1, 0.15) is 5.75 Å². The van der Waals surface area contributed by atoms with Crippen LogP contribution in [0.4, 0.5) is 5.69 Å². The highest BCUT2D eigenvalue weighted by atomic mass is 16.5. The first-order valence-electron chi connectivity index (χ1n) is 7.43. The van der Waals surface area contributed by atoms with E-state index >= 15 is 0 Å². The summed E-state index contributed by atoms with van der Waals surface area (Å²) in [5.41, 5.74) is 0.428. The number of ether oxygens (including phenoxy) is 1. The highest BCUT2D eigenvalue weighted by Crippen LogP contribution is 2.57. The molecular weight excluding hydrogens is 286 g/mol. The van der Waals surface area contributed by atoms with Gasteiger partial charge in [-0.2, -0.15) is 0 Å². The Morgan fingerprint density at radius 1 is 1.05 bits per heavy atom. The van der Waals surface area contributed by atoms with Crippen molar-refractivity contribution in [2.75, 3.05) is 12.0 Å². The lowest BCUT2D eigenvalue weighted by atomic mass is 9.78. The first kappa shape index (κ1) is 13.7. The zero-order valence-corrected chi connectivity index (χ0v) is 12.0. The summed E-state index contributed by atoms with van der Waals surface area (Å²) in [6.07, 6.45) is -1.30. The highest BCUT2D eigenvalue weighted by molar-refractivity contribution is 6.23. The van der Waals surface area contributed by atoms with Gasteiger partial charge >= 0.3 is 0 Å². The fraction of sp³-hybridized carbons (Fsp3) is 0.500. The number of hydrogen-bond donors (Lipinski definition) is 2. The van der Waals surface area contributed by atoms with E-state index in [1.165, 1.54) is 7.11 Å². The second-order valence-electron chi connectivity index (χ2n) is 6.28. The molecule has 22 heavy (non-hydrogen) atoms. The van der Waals surface area contributed by atoms with Crippen molar-refractivity contribution >= 4 is 17.5 Å². The molecule has 0 aromatic heterocycles. The Morgan fingerprint density at radius 3 is 2.14 bits per heavy atom. The second-order valence-corrected chi connectivity index (χ2v) is 6.28. The van der Waals surface area contributed by atoms with Crippen LogP contribution in [0.15, 0.2) is 24.3 Å². The van der Waals surface area contributed by atoms with E-state index < -0.39 is 24.0 Å². The molecule has 2 saturated carbocycles. The zero-order chi connectivity index (χ0) is 15.6. The first-order valence-corrected chi connectivity index (χ1v) is 7.43. The Labute approximate surface area is 127 Å². The Bertz CT molecular complexity index is 628. The molecule has 3 fully saturated rings. The lowest BCUT2D eigenvalue weighted by Gasteiger charge is -2.29. The number of amides is 2. The maximum atomic E-state index is 12.8. The van der Waals surface area contributed by atoms with Crippen molar-refractivity contribution < 1.29 is 24.5 Å². The van der Waals surface area contributed by atoms with Crippen LogP contribution >= 0.6 is 0 Å². The summed E-state index contributed by atoms with van der Waals surface area (Å²) in [7, 11) is 1.49. The number of hydrogen-bond acceptors (Lipinski definition) is 5. The van der Waals surface area contributed by atoms with E-state index in [1.54, 1.807) is 24.3 Å². The Hall–Kier alpha value is -1.92. The van der Waals surface area contributed by atoms with Gasteiger partial charge in [0.05, 0.1) is 36.8 Å². The van der Waals surface area contributed by atoms with Crippen LogP contribution in [0.5, 0.6) is 5.75 Å². The topological polar surface area (TPSA) is 87.1 Å². The lowest BCUT2D eigenvalue weighted by Crippen LogP contribution is -2.43. The molecule has 0 spiro atoms. The smallest absolute Gasteiger partial charge is 0.238 e. The van der Waals surface area contributed by atoms with Crippen LogP contribution in [-0.4, -0.2) is 41.3 Å². The van der Waals surface area contributed by atoms with Crippen molar-refractivity contribution in [3.63, 3.8) is 0 Å². The SMILES string of the molecule is COc1ccccc1N1C(=O)C2C3CC(C2C1=O)[C@H](O)C3O. The molecule has 2 N–H and O–H groups in total. The molecule has 0 radical (unpaired) electrons. The van der Waals surface area contributed by atoms with Gasteiger partial charge in [-0.3, -0.25) is 9.59 Å². The van der Waals surface area contributed by atoms with Crippen LogP contribution in [0, 0.1) is 23.7 Å². The maximum Gasteiger partial charge on any atom is 0.238 e. The quantitative estimate of drug-likeness (QED) is 0.761. The van der Waals surface area contributed by atoms with Crippen LogP contribution < -0.4 is 9.64 Å². The fourth-order valence-corrected chi connectivity index (χ4v) is 4.48. The van der Waals surface area contributed by atoms with E-state index in [4.69, 9.17) is 4.74 Å². The molecule has 116 valence electrons. The van der Waals surface area contributed by atoms with Crippen molar-refractivity contribution in [2.24, 2.45) is 23.7 Å². The van der Waals surface area contributed by atoms with Crippen LogP contribution in [0.25, 0.3) is 0 Å². The van der Waals surface area contributed by atoms with Crippen molar-refractivity contribution in [1.82, 2.24) is 0 Å². The van der Waals surface area contributed by atoms with Gasteiger partial charge in [-0.1, -0.05) is 12.1 Å². The predicted molar refractivity (Wildman–Crippen MR) is 76.1 cm³/mol. The number of rotatable bonds is 2. The highest BCUT2D eigenvalue weighted by Gasteiger charge is 2.67. The number of para-hydroxylation sites is 2. The Kier molecular flexibility index (Phi) is 2.83. The predicted octanol–water partition coefficient (Wildman–Crippen LogP) is 0.172. The molecule has 6 heteroatoms. The number of fused-ring (bicyclic) bond motifs is 5. The molecule has 4 rings (SSSR count). The van der Waals surface area contributed by atoms with Crippen LogP contribution in [0.1, 0.15) is 6.42 Å². The molecule has 1 saturated heterocycles. The monoisotopic (exact) mass is 303 g/mol. The maximum absolute atomic E-state index is 12.8. The number of aliphatic hydroxyl groups is 2. The number of benzene rings is 1. The standard InChI is InChI=1S/C16H17NO5/c1-22-10-5-3-2-4-9(10)17-15(20)11-7-6-8(12(11)16(17)21)14(19)13(7)18/h2-5,7-8,11-14,18-19H,6H2,1H3/t7?,8?,11?,12?,13-,14?/m0/s1. The molecule has 1 aromatic carbocycles. The number of aliphatic hydroxyl groups excluding tert-OH is 2. The number of imide groups is 1. The average Bonchev–Trinajstić information content (AvgIpc) is 3.12. The minimum absolute atomic E-state index is 0.294. The summed E-state index contributed by atoms with van der Waals surface area (Å²) in [5.74, 6) is -1.85. The van der Waals surface area contributed by atoms with Crippen molar-refractivity contribution in [1.29, 1.82) is 0 Å². The van der Waals surface area contributed by atoms with E-state index in [0.29, 0.717) is 17.9 Å². The average molecular weight is 303 g/mol. The van der Waals surface area contributed by atoms with Gasteiger partial charge in [0.25, 0.3) is 0 Å². The van der Waals surface area contributed by atoms with Gasteiger partial charge in [-0.15, -0.1) is 0 Å². The van der Waals surface area contributed by atoms with Crippen molar-refractivity contribution in [3.8, 4) is 5.75 Å². The van der Waals surface area contributed by atoms with Crippen LogP contribution in [0.3, 0.4) is 0 Å². The molecule has 5 unspecified atom stereocenters.